The molecule has 0 saturated heterocycles. The Morgan fingerprint density at radius 3 is 2.77 bits per heavy atom. The zero-order chi connectivity index (χ0) is 15.9. The fourth-order valence-corrected chi connectivity index (χ4v) is 2.45. The van der Waals surface area contributed by atoms with Crippen molar-refractivity contribution in [2.24, 2.45) is 0 Å². The van der Waals surface area contributed by atoms with Crippen molar-refractivity contribution in [3.63, 3.8) is 0 Å². The number of nitrogens with zero attached hydrogens (tertiary/aromatic N) is 3. The SMILES string of the molecule is Cc1ccc2[nH]nc(C(=O)Nc3nnc(C(F)(F)F)s3)c2c1. The number of hydrogen-bond donors (Lipinski definition) is 2. The smallest absolute Gasteiger partial charge is 0.295 e. The molecule has 1 aromatic carbocycles. The van der Waals surface area contributed by atoms with Crippen LogP contribution in [-0.2, 0) is 6.18 Å². The predicted molar refractivity (Wildman–Crippen MR) is 73.7 cm³/mol. The maximum absolute atomic E-state index is 12.4. The van der Waals surface area contributed by atoms with Crippen molar-refractivity contribution in [2.45, 2.75) is 13.1 Å². The first-order valence-corrected chi connectivity index (χ1v) is 6.83. The summed E-state index contributed by atoms with van der Waals surface area (Å²) in [7, 11) is 0. The fourth-order valence-electron chi connectivity index (χ4n) is 1.85. The van der Waals surface area contributed by atoms with E-state index in [0.29, 0.717) is 10.9 Å². The molecule has 2 N–H and O–H groups in total. The number of carbonyl (C=O) groups excluding carboxylic acids is 1. The molecule has 10 heteroatoms. The summed E-state index contributed by atoms with van der Waals surface area (Å²) in [4.78, 5) is 12.1. The van der Waals surface area contributed by atoms with Gasteiger partial charge in [-0.05, 0) is 19.1 Å². The van der Waals surface area contributed by atoms with E-state index in [9.17, 15) is 18.0 Å². The van der Waals surface area contributed by atoms with Gasteiger partial charge in [0.25, 0.3) is 5.91 Å². The quantitative estimate of drug-likeness (QED) is 0.758. The number of nitrogens with one attached hydrogen (secondary N) is 2. The van der Waals surface area contributed by atoms with E-state index < -0.39 is 17.1 Å². The fraction of sp³-hybridized carbons (Fsp3) is 0.167. The summed E-state index contributed by atoms with van der Waals surface area (Å²) in [5, 5.41) is 14.4. The minimum atomic E-state index is -4.59. The molecule has 114 valence electrons. The molecule has 1 amide bonds. The lowest BCUT2D eigenvalue weighted by Gasteiger charge is -1.99. The van der Waals surface area contributed by atoms with E-state index in [1.807, 2.05) is 13.0 Å². The van der Waals surface area contributed by atoms with Gasteiger partial charge >= 0.3 is 6.18 Å². The van der Waals surface area contributed by atoms with Crippen LogP contribution in [0.1, 0.15) is 21.1 Å². The van der Waals surface area contributed by atoms with Crippen molar-refractivity contribution in [1.82, 2.24) is 20.4 Å². The summed E-state index contributed by atoms with van der Waals surface area (Å²) in [6.07, 6.45) is -4.59. The number of aromatic amines is 1. The Morgan fingerprint density at radius 2 is 2.09 bits per heavy atom. The zero-order valence-corrected chi connectivity index (χ0v) is 11.8. The zero-order valence-electron chi connectivity index (χ0n) is 11.0. The van der Waals surface area contributed by atoms with Crippen molar-refractivity contribution in [3.8, 4) is 0 Å². The van der Waals surface area contributed by atoms with Gasteiger partial charge in [0.15, 0.2) is 5.69 Å². The Balaban J connectivity index is 1.87. The van der Waals surface area contributed by atoms with Crippen molar-refractivity contribution in [3.05, 3.63) is 34.5 Å². The van der Waals surface area contributed by atoms with Gasteiger partial charge in [0.05, 0.1) is 5.52 Å². The molecule has 0 aliphatic rings. The second-order valence-electron chi connectivity index (χ2n) is 4.49. The molecule has 3 rings (SSSR count). The molecule has 2 aromatic heterocycles. The molecule has 0 unspecified atom stereocenters. The number of aryl methyl sites for hydroxylation is 1. The number of carbonyl (C=O) groups is 1. The molecule has 0 spiro atoms. The number of rotatable bonds is 2. The first kappa shape index (κ1) is 14.4. The highest BCUT2D eigenvalue weighted by atomic mass is 32.1. The highest BCUT2D eigenvalue weighted by Crippen LogP contribution is 2.33. The Morgan fingerprint density at radius 1 is 1.32 bits per heavy atom. The molecule has 0 bridgehead atoms. The van der Waals surface area contributed by atoms with Crippen molar-refractivity contribution in [2.75, 3.05) is 5.32 Å². The maximum Gasteiger partial charge on any atom is 0.445 e. The van der Waals surface area contributed by atoms with Crippen LogP contribution in [0, 0.1) is 6.92 Å². The molecule has 0 fully saturated rings. The minimum absolute atomic E-state index is 0.0856. The Hall–Kier alpha value is -2.49. The Labute approximate surface area is 125 Å². The molecule has 0 atom stereocenters. The molecule has 0 aliphatic heterocycles. The average Bonchev–Trinajstić information content (AvgIpc) is 3.04. The van der Waals surface area contributed by atoms with Crippen LogP contribution in [0.3, 0.4) is 0 Å². The van der Waals surface area contributed by atoms with Gasteiger partial charge in [-0.1, -0.05) is 23.0 Å². The standard InChI is InChI=1S/C12H8F3N5OS/c1-5-2-3-7-6(4-5)8(18-17-7)9(21)16-11-20-19-10(22-11)12(13,14)15/h2-4H,1H3,(H,17,18)(H,16,20,21). The largest absolute Gasteiger partial charge is 0.445 e. The van der Waals surface area contributed by atoms with Crippen molar-refractivity contribution in [1.29, 1.82) is 0 Å². The van der Waals surface area contributed by atoms with Crippen LogP contribution in [0.15, 0.2) is 18.2 Å². The number of aromatic nitrogens is 4. The Kier molecular flexibility index (Phi) is 3.32. The number of alkyl halides is 3. The summed E-state index contributed by atoms with van der Waals surface area (Å²) in [5.41, 5.74) is 1.67. The third-order valence-electron chi connectivity index (χ3n) is 2.82. The maximum atomic E-state index is 12.4. The third-order valence-corrected chi connectivity index (χ3v) is 3.70. The van der Waals surface area contributed by atoms with Gasteiger partial charge in [-0.3, -0.25) is 15.2 Å². The molecule has 0 radical (unpaired) electrons. The normalized spacial score (nSPS) is 11.8. The molecule has 2 heterocycles. The van der Waals surface area contributed by atoms with Gasteiger partial charge in [0.2, 0.25) is 10.1 Å². The van der Waals surface area contributed by atoms with E-state index >= 15 is 0 Å². The molecule has 3 aromatic rings. The lowest BCUT2D eigenvalue weighted by Crippen LogP contribution is -2.12. The van der Waals surface area contributed by atoms with Gasteiger partial charge in [-0.25, -0.2) is 0 Å². The van der Waals surface area contributed by atoms with E-state index in [0.717, 1.165) is 5.56 Å². The minimum Gasteiger partial charge on any atom is -0.295 e. The average molecular weight is 327 g/mol. The molecule has 0 aliphatic carbocycles. The van der Waals surface area contributed by atoms with E-state index in [4.69, 9.17) is 0 Å². The van der Waals surface area contributed by atoms with Crippen molar-refractivity contribution < 1.29 is 18.0 Å². The van der Waals surface area contributed by atoms with Crippen LogP contribution in [0.4, 0.5) is 18.3 Å². The summed E-state index contributed by atoms with van der Waals surface area (Å²) in [5.74, 6) is -0.651. The highest BCUT2D eigenvalue weighted by Gasteiger charge is 2.35. The summed E-state index contributed by atoms with van der Waals surface area (Å²) in [6.45, 7) is 1.86. The second-order valence-corrected chi connectivity index (χ2v) is 5.46. The lowest BCUT2D eigenvalue weighted by molar-refractivity contribution is -0.138. The van der Waals surface area contributed by atoms with E-state index in [-0.39, 0.29) is 22.2 Å². The van der Waals surface area contributed by atoms with Gasteiger partial charge in [0.1, 0.15) is 0 Å². The van der Waals surface area contributed by atoms with E-state index in [1.54, 1.807) is 12.1 Å². The molecular weight excluding hydrogens is 319 g/mol. The number of anilines is 1. The number of H-pyrrole nitrogens is 1. The molecule has 0 saturated carbocycles. The lowest BCUT2D eigenvalue weighted by atomic mass is 10.1. The van der Waals surface area contributed by atoms with Gasteiger partial charge < -0.3 is 0 Å². The highest BCUT2D eigenvalue weighted by molar-refractivity contribution is 7.15. The van der Waals surface area contributed by atoms with Gasteiger partial charge in [-0.15, -0.1) is 10.2 Å². The Bertz CT molecular complexity index is 854. The molecule has 6 nitrogen and oxygen atoms in total. The van der Waals surface area contributed by atoms with Crippen LogP contribution in [0.2, 0.25) is 0 Å². The monoisotopic (exact) mass is 327 g/mol. The van der Waals surface area contributed by atoms with Gasteiger partial charge in [-0.2, -0.15) is 18.3 Å². The van der Waals surface area contributed by atoms with Crippen LogP contribution in [0.5, 0.6) is 0 Å². The second kappa shape index (κ2) is 5.05. The van der Waals surface area contributed by atoms with Crippen LogP contribution < -0.4 is 5.32 Å². The molecule has 22 heavy (non-hydrogen) atoms. The van der Waals surface area contributed by atoms with Crippen LogP contribution in [0.25, 0.3) is 10.9 Å². The third kappa shape index (κ3) is 2.64. The van der Waals surface area contributed by atoms with E-state index in [2.05, 4.69) is 25.7 Å². The number of benzene rings is 1. The first-order chi connectivity index (χ1) is 10.3. The number of fused-ring (bicyclic) bond motifs is 1. The number of hydrogen-bond acceptors (Lipinski definition) is 5. The van der Waals surface area contributed by atoms with Crippen LogP contribution in [-0.4, -0.2) is 26.3 Å². The molecular formula is C12H8F3N5OS. The van der Waals surface area contributed by atoms with Crippen LogP contribution >= 0.6 is 11.3 Å². The number of amides is 1. The van der Waals surface area contributed by atoms with Gasteiger partial charge in [0, 0.05) is 5.39 Å². The summed E-state index contributed by atoms with van der Waals surface area (Å²) >= 11 is 0.257. The number of halogens is 3. The first-order valence-electron chi connectivity index (χ1n) is 6.01. The van der Waals surface area contributed by atoms with E-state index in [1.165, 1.54) is 0 Å². The summed E-state index contributed by atoms with van der Waals surface area (Å²) < 4.78 is 37.3. The summed E-state index contributed by atoms with van der Waals surface area (Å²) in [6, 6.07) is 5.37. The van der Waals surface area contributed by atoms with Crippen molar-refractivity contribution >= 4 is 33.3 Å². The topological polar surface area (TPSA) is 83.6 Å². The predicted octanol–water partition coefficient (Wildman–Crippen LogP) is 2.99.